The van der Waals surface area contributed by atoms with Gasteiger partial charge in [0.1, 0.15) is 17.7 Å². The van der Waals surface area contributed by atoms with Crippen molar-refractivity contribution in [2.75, 3.05) is 19.0 Å². The standard InChI is InChI=1S/C35H35N3O8S/c1-3-4-11-20-45-35(36-21-25-16-18-29(19-17-25)38(42)43)33(41)37-30(28(22-44-24(2)39)23-47-34(35)37)32(40)46-31(26-12-7-5-8-13-26)27-14-9-6-10-15-27/h5-10,12-19,21,31,34H,3-4,11,20,22-23H2,1-2H3/t34-,35?/m1/s1. The highest BCUT2D eigenvalue weighted by molar-refractivity contribution is 8.00. The summed E-state index contributed by atoms with van der Waals surface area (Å²) in [4.78, 5) is 56.7. The molecule has 0 aliphatic carbocycles. The molecule has 11 nitrogen and oxygen atoms in total. The number of thioether (sulfide) groups is 1. The molecule has 1 saturated heterocycles. The Kier molecular flexibility index (Phi) is 10.8. The van der Waals surface area contributed by atoms with Crippen LogP contribution in [0, 0.1) is 10.1 Å². The van der Waals surface area contributed by atoms with E-state index in [0.29, 0.717) is 17.6 Å². The number of nitro benzene ring substituents is 1. The van der Waals surface area contributed by atoms with Gasteiger partial charge in [0.15, 0.2) is 6.10 Å². The zero-order valence-electron chi connectivity index (χ0n) is 26.1. The molecule has 2 atom stereocenters. The highest BCUT2D eigenvalue weighted by Gasteiger charge is 2.66. The van der Waals surface area contributed by atoms with Gasteiger partial charge in [-0.3, -0.25) is 24.6 Å². The molecule has 0 spiro atoms. The number of β-lactam (4-membered cyclic amide) rings is 1. The van der Waals surface area contributed by atoms with Gasteiger partial charge in [-0.2, -0.15) is 0 Å². The predicted octanol–water partition coefficient (Wildman–Crippen LogP) is 5.98. The highest BCUT2D eigenvalue weighted by Crippen LogP contribution is 2.49. The van der Waals surface area contributed by atoms with Crippen LogP contribution in [0.4, 0.5) is 5.69 Å². The molecule has 3 aromatic rings. The first-order chi connectivity index (χ1) is 22.7. The Bertz CT molecular complexity index is 1620. The number of carbonyl (C=O) groups is 3. The zero-order valence-corrected chi connectivity index (χ0v) is 26.9. The van der Waals surface area contributed by atoms with Gasteiger partial charge in [0.25, 0.3) is 17.3 Å². The number of hydrogen-bond donors (Lipinski definition) is 0. The van der Waals surface area contributed by atoms with Gasteiger partial charge >= 0.3 is 11.9 Å². The summed E-state index contributed by atoms with van der Waals surface area (Å²) in [6, 6.07) is 24.3. The van der Waals surface area contributed by atoms with Crippen LogP contribution in [-0.2, 0) is 28.6 Å². The number of hydrogen-bond acceptors (Lipinski definition) is 10. The minimum absolute atomic E-state index is 0.00446. The first kappa shape index (κ1) is 33.6. The number of rotatable bonds is 14. The molecule has 12 heteroatoms. The van der Waals surface area contributed by atoms with Gasteiger partial charge in [0.05, 0.1) is 11.5 Å². The van der Waals surface area contributed by atoms with Crippen molar-refractivity contribution in [3.63, 3.8) is 0 Å². The Labute approximate surface area is 276 Å². The minimum atomic E-state index is -1.64. The van der Waals surface area contributed by atoms with E-state index in [2.05, 4.69) is 11.9 Å². The highest BCUT2D eigenvalue weighted by atomic mass is 32.2. The monoisotopic (exact) mass is 657 g/mol. The lowest BCUT2D eigenvalue weighted by atomic mass is 9.98. The van der Waals surface area contributed by atoms with Crippen LogP contribution < -0.4 is 0 Å². The Morgan fingerprint density at radius 3 is 2.26 bits per heavy atom. The Balaban J connectivity index is 1.49. The van der Waals surface area contributed by atoms with Crippen LogP contribution in [0.1, 0.15) is 55.9 Å². The van der Waals surface area contributed by atoms with Crippen molar-refractivity contribution in [1.82, 2.24) is 4.90 Å². The van der Waals surface area contributed by atoms with Gasteiger partial charge in [-0.1, -0.05) is 80.4 Å². The first-order valence-electron chi connectivity index (χ1n) is 15.3. The lowest BCUT2D eigenvalue weighted by Crippen LogP contribution is -2.74. The van der Waals surface area contributed by atoms with E-state index >= 15 is 0 Å². The molecule has 1 amide bonds. The minimum Gasteiger partial charge on any atom is -0.461 e. The van der Waals surface area contributed by atoms with E-state index in [1.807, 2.05) is 60.7 Å². The number of esters is 2. The molecule has 1 unspecified atom stereocenters. The van der Waals surface area contributed by atoms with E-state index in [-0.39, 0.29) is 30.4 Å². The van der Waals surface area contributed by atoms with Gasteiger partial charge in [0.2, 0.25) is 0 Å². The number of ether oxygens (including phenoxy) is 3. The summed E-state index contributed by atoms with van der Waals surface area (Å²) in [6.45, 7) is 3.40. The van der Waals surface area contributed by atoms with Crippen LogP contribution in [0.25, 0.3) is 0 Å². The number of aliphatic imine (C=N–C) groups is 1. The second-order valence-corrected chi connectivity index (χ2v) is 12.1. The summed E-state index contributed by atoms with van der Waals surface area (Å²) in [7, 11) is 0. The second-order valence-electron chi connectivity index (χ2n) is 11.0. The van der Waals surface area contributed by atoms with Crippen molar-refractivity contribution >= 4 is 41.5 Å². The van der Waals surface area contributed by atoms with E-state index in [9.17, 15) is 24.5 Å². The summed E-state index contributed by atoms with van der Waals surface area (Å²) in [5.74, 6) is -1.59. The first-order valence-corrected chi connectivity index (χ1v) is 16.3. The van der Waals surface area contributed by atoms with E-state index < -0.39 is 40.0 Å². The number of carbonyl (C=O) groups excluding carboxylic acids is 3. The average Bonchev–Trinajstić information content (AvgIpc) is 3.09. The van der Waals surface area contributed by atoms with Crippen LogP contribution in [0.5, 0.6) is 0 Å². The number of nitro groups is 1. The average molecular weight is 658 g/mol. The number of nitrogens with zero attached hydrogens (tertiary/aromatic N) is 3. The summed E-state index contributed by atoms with van der Waals surface area (Å²) < 4.78 is 17.7. The van der Waals surface area contributed by atoms with Crippen molar-refractivity contribution in [2.45, 2.75) is 50.3 Å². The third-order valence-electron chi connectivity index (χ3n) is 7.74. The van der Waals surface area contributed by atoms with Crippen molar-refractivity contribution in [1.29, 1.82) is 0 Å². The topological polar surface area (TPSA) is 138 Å². The van der Waals surface area contributed by atoms with Gasteiger partial charge < -0.3 is 14.2 Å². The number of benzene rings is 3. The molecule has 0 radical (unpaired) electrons. The lowest BCUT2D eigenvalue weighted by molar-refractivity contribution is -0.384. The fourth-order valence-electron chi connectivity index (χ4n) is 5.33. The van der Waals surface area contributed by atoms with E-state index in [4.69, 9.17) is 14.2 Å². The smallest absolute Gasteiger partial charge is 0.356 e. The molecule has 1 fully saturated rings. The summed E-state index contributed by atoms with van der Waals surface area (Å²) in [6.07, 6.45) is 3.22. The summed E-state index contributed by atoms with van der Waals surface area (Å²) >= 11 is 1.34. The molecular weight excluding hydrogens is 622 g/mol. The molecule has 0 bridgehead atoms. The van der Waals surface area contributed by atoms with E-state index in [0.717, 1.165) is 24.0 Å². The van der Waals surface area contributed by atoms with Gasteiger partial charge in [-0.05, 0) is 35.2 Å². The molecule has 2 aliphatic heterocycles. The summed E-state index contributed by atoms with van der Waals surface area (Å²) in [5, 5.41) is 10.4. The van der Waals surface area contributed by atoms with Crippen LogP contribution in [-0.4, -0.2) is 63.9 Å². The maximum absolute atomic E-state index is 14.2. The van der Waals surface area contributed by atoms with Gasteiger partial charge in [0, 0.05) is 36.6 Å². The maximum atomic E-state index is 14.2. The zero-order chi connectivity index (χ0) is 33.4. The fraction of sp³-hybridized carbons (Fsp3) is 0.314. The van der Waals surface area contributed by atoms with Crippen molar-refractivity contribution in [3.05, 3.63) is 123 Å². The van der Waals surface area contributed by atoms with Crippen LogP contribution in [0.15, 0.2) is 101 Å². The molecule has 5 rings (SSSR count). The van der Waals surface area contributed by atoms with Crippen molar-refractivity contribution < 1.29 is 33.5 Å². The van der Waals surface area contributed by atoms with Gasteiger partial charge in [-0.25, -0.2) is 9.79 Å². The Morgan fingerprint density at radius 2 is 1.68 bits per heavy atom. The SMILES string of the molecule is CCCCCOC1(N=Cc2ccc([N+](=O)[O-])cc2)C(=O)N2C(C(=O)OC(c3ccccc3)c3ccccc3)=C(COC(C)=O)CS[C@@H]21. The summed E-state index contributed by atoms with van der Waals surface area (Å²) in [5.41, 5.74) is 0.739. The molecule has 47 heavy (non-hydrogen) atoms. The second kappa shape index (κ2) is 15.2. The molecule has 0 N–H and O–H groups in total. The molecule has 244 valence electrons. The van der Waals surface area contributed by atoms with E-state index in [1.54, 1.807) is 0 Å². The lowest BCUT2D eigenvalue weighted by Gasteiger charge is -2.54. The Morgan fingerprint density at radius 1 is 1.04 bits per heavy atom. The number of fused-ring (bicyclic) bond motifs is 1. The molecule has 0 saturated carbocycles. The largest absolute Gasteiger partial charge is 0.461 e. The third-order valence-corrected chi connectivity index (χ3v) is 9.10. The number of amides is 1. The molecule has 2 heterocycles. The van der Waals surface area contributed by atoms with E-state index in [1.165, 1.54) is 54.1 Å². The van der Waals surface area contributed by atoms with Crippen LogP contribution in [0.3, 0.4) is 0 Å². The molecule has 2 aliphatic rings. The van der Waals surface area contributed by atoms with Crippen LogP contribution >= 0.6 is 11.8 Å². The number of non-ortho nitro benzene ring substituents is 1. The number of unbranched alkanes of at least 4 members (excludes halogenated alkanes) is 2. The predicted molar refractivity (Wildman–Crippen MR) is 176 cm³/mol. The maximum Gasteiger partial charge on any atom is 0.356 e. The molecule has 3 aromatic carbocycles. The third kappa shape index (κ3) is 7.44. The van der Waals surface area contributed by atoms with Crippen molar-refractivity contribution in [2.24, 2.45) is 4.99 Å². The normalized spacial score (nSPS) is 19.0. The van der Waals surface area contributed by atoms with Crippen molar-refractivity contribution in [3.8, 4) is 0 Å². The fourth-order valence-corrected chi connectivity index (χ4v) is 6.71. The molecular formula is C35H35N3O8S. The Hall–Kier alpha value is -4.81. The quantitative estimate of drug-likeness (QED) is 0.0512. The molecule has 0 aromatic heterocycles. The van der Waals surface area contributed by atoms with Gasteiger partial charge in [-0.15, -0.1) is 11.8 Å². The van der Waals surface area contributed by atoms with Crippen LogP contribution in [0.2, 0.25) is 0 Å².